The van der Waals surface area contributed by atoms with Crippen LogP contribution in [0.4, 0.5) is 0 Å². The number of ether oxygens (including phenoxy) is 2. The van der Waals surface area contributed by atoms with Crippen molar-refractivity contribution in [2.75, 3.05) is 14.2 Å². The Labute approximate surface area is 222 Å². The van der Waals surface area contributed by atoms with Gasteiger partial charge in [0.2, 0.25) is 0 Å². The van der Waals surface area contributed by atoms with Crippen LogP contribution in [-0.2, 0) is 32.1 Å². The number of hydrogen-bond acceptors (Lipinski definition) is 5. The molecule has 5 nitrogen and oxygen atoms in total. The fraction of sp³-hybridized carbons (Fsp3) is 0.303. The summed E-state index contributed by atoms with van der Waals surface area (Å²) in [4.78, 5) is 15.8. The Kier molecular flexibility index (Phi) is 5.54. The highest BCUT2D eigenvalue weighted by Gasteiger charge is 2.30. The lowest BCUT2D eigenvalue weighted by molar-refractivity contribution is 0.419. The number of unbranched alkanes of at least 4 members (excludes halogenated alkanes) is 1. The zero-order valence-electron chi connectivity index (χ0n) is 22.2. The van der Waals surface area contributed by atoms with Crippen LogP contribution >= 0.6 is 0 Å². The Morgan fingerprint density at radius 3 is 1.66 bits per heavy atom. The fourth-order valence-electron chi connectivity index (χ4n) is 6.37. The molecule has 0 saturated carbocycles. The van der Waals surface area contributed by atoms with Gasteiger partial charge in [0.15, 0.2) is 0 Å². The van der Waals surface area contributed by atoms with E-state index in [0.29, 0.717) is 0 Å². The molecule has 0 radical (unpaired) electrons. The molecule has 3 heterocycles. The molecule has 0 spiro atoms. The molecule has 38 heavy (non-hydrogen) atoms. The Morgan fingerprint density at radius 1 is 0.658 bits per heavy atom. The Hall–Kier alpha value is -3.99. The molecule has 7 rings (SSSR count). The van der Waals surface area contributed by atoms with Gasteiger partial charge in [0, 0.05) is 10.8 Å². The third kappa shape index (κ3) is 3.48. The zero-order valence-corrected chi connectivity index (χ0v) is 22.2. The van der Waals surface area contributed by atoms with E-state index in [0.717, 1.165) is 88.2 Å². The molecule has 190 valence electrons. The van der Waals surface area contributed by atoms with E-state index < -0.39 is 0 Å². The van der Waals surface area contributed by atoms with E-state index in [2.05, 4.69) is 31.2 Å². The third-order valence-corrected chi connectivity index (χ3v) is 8.26. The van der Waals surface area contributed by atoms with Crippen LogP contribution in [0.15, 0.2) is 48.5 Å². The molecule has 0 aliphatic heterocycles. The van der Waals surface area contributed by atoms with Gasteiger partial charge in [-0.15, -0.1) is 0 Å². The Bertz CT molecular complexity index is 1620. The summed E-state index contributed by atoms with van der Waals surface area (Å²) in [6, 6.07) is 16.8. The van der Waals surface area contributed by atoms with Crippen LogP contribution in [-0.4, -0.2) is 29.2 Å². The molecule has 2 aromatic carbocycles. The first-order valence-electron chi connectivity index (χ1n) is 13.7. The number of methoxy groups -OCH3 is 2. The fourth-order valence-corrected chi connectivity index (χ4v) is 6.37. The minimum absolute atomic E-state index is 0.798. The zero-order chi connectivity index (χ0) is 25.8. The summed E-state index contributed by atoms with van der Waals surface area (Å²) in [5.74, 6) is 1.60. The highest BCUT2D eigenvalue weighted by atomic mass is 16.5. The molecule has 0 saturated heterocycles. The van der Waals surface area contributed by atoms with Gasteiger partial charge in [-0.3, -0.25) is 0 Å². The number of aryl methyl sites for hydroxylation is 2. The maximum Gasteiger partial charge on any atom is 0.145 e. The average Bonchev–Trinajstić information content (AvgIpc) is 2.96. The quantitative estimate of drug-likeness (QED) is 0.258. The largest absolute Gasteiger partial charge is 0.494 e. The van der Waals surface area contributed by atoms with Gasteiger partial charge in [-0.25, -0.2) is 15.0 Å². The molecule has 5 heteroatoms. The third-order valence-electron chi connectivity index (χ3n) is 8.26. The van der Waals surface area contributed by atoms with E-state index in [1.165, 1.54) is 40.7 Å². The minimum Gasteiger partial charge on any atom is -0.494 e. The molecular formula is C33H31N3O2. The summed E-state index contributed by atoms with van der Waals surface area (Å²) < 4.78 is 11.4. The van der Waals surface area contributed by atoms with Crippen LogP contribution in [0.25, 0.3) is 44.6 Å². The van der Waals surface area contributed by atoms with Crippen molar-refractivity contribution in [3.63, 3.8) is 0 Å². The van der Waals surface area contributed by atoms with Gasteiger partial charge in [0.05, 0.1) is 37.0 Å². The van der Waals surface area contributed by atoms with E-state index in [4.69, 9.17) is 24.4 Å². The predicted octanol–water partition coefficient (Wildman–Crippen LogP) is 7.07. The summed E-state index contributed by atoms with van der Waals surface area (Å²) in [6.07, 6.45) is 7.38. The van der Waals surface area contributed by atoms with Gasteiger partial charge in [-0.05, 0) is 90.6 Å². The van der Waals surface area contributed by atoms with Crippen molar-refractivity contribution in [3.8, 4) is 34.3 Å². The lowest BCUT2D eigenvalue weighted by atomic mass is 9.80. The molecule has 0 atom stereocenters. The van der Waals surface area contributed by atoms with Crippen molar-refractivity contribution in [1.29, 1.82) is 0 Å². The van der Waals surface area contributed by atoms with Gasteiger partial charge < -0.3 is 9.47 Å². The van der Waals surface area contributed by atoms with Gasteiger partial charge in [0.25, 0.3) is 0 Å². The summed E-state index contributed by atoms with van der Waals surface area (Å²) in [5.41, 5.74) is 12.6. The Balaban J connectivity index is 1.51. The Morgan fingerprint density at radius 2 is 1.18 bits per heavy atom. The lowest BCUT2D eigenvalue weighted by Gasteiger charge is -2.28. The number of aromatic nitrogens is 3. The number of para-hydroxylation sites is 2. The summed E-state index contributed by atoms with van der Waals surface area (Å²) in [7, 11) is 3.42. The number of nitrogens with zero attached hydrogens (tertiary/aromatic N) is 3. The van der Waals surface area contributed by atoms with Crippen molar-refractivity contribution < 1.29 is 9.47 Å². The first-order chi connectivity index (χ1) is 18.7. The van der Waals surface area contributed by atoms with E-state index in [9.17, 15) is 0 Å². The van der Waals surface area contributed by atoms with Crippen molar-refractivity contribution in [3.05, 3.63) is 76.3 Å². The highest BCUT2D eigenvalue weighted by molar-refractivity contribution is 5.91. The number of pyridine rings is 3. The number of fused-ring (bicyclic) bond motifs is 8. The van der Waals surface area contributed by atoms with Gasteiger partial charge >= 0.3 is 0 Å². The summed E-state index contributed by atoms with van der Waals surface area (Å²) in [6.45, 7) is 2.27. The van der Waals surface area contributed by atoms with Crippen LogP contribution in [0.1, 0.15) is 47.6 Å². The number of rotatable bonds is 5. The highest BCUT2D eigenvalue weighted by Crippen LogP contribution is 2.43. The molecule has 0 fully saturated rings. The van der Waals surface area contributed by atoms with Crippen molar-refractivity contribution >= 4 is 21.8 Å². The number of benzene rings is 2. The van der Waals surface area contributed by atoms with Crippen LogP contribution in [0.3, 0.4) is 0 Å². The first kappa shape index (κ1) is 23.2. The van der Waals surface area contributed by atoms with Crippen LogP contribution < -0.4 is 9.47 Å². The van der Waals surface area contributed by atoms with Crippen molar-refractivity contribution in [1.82, 2.24) is 15.0 Å². The summed E-state index contributed by atoms with van der Waals surface area (Å²) in [5, 5.41) is 2.22. The van der Waals surface area contributed by atoms with Gasteiger partial charge in [0.1, 0.15) is 22.5 Å². The molecule has 3 aromatic heterocycles. The van der Waals surface area contributed by atoms with Crippen LogP contribution in [0.2, 0.25) is 0 Å². The predicted molar refractivity (Wildman–Crippen MR) is 152 cm³/mol. The van der Waals surface area contributed by atoms with E-state index in [1.54, 1.807) is 14.2 Å². The van der Waals surface area contributed by atoms with E-state index in [1.807, 2.05) is 24.3 Å². The molecule has 0 bridgehead atoms. The molecule has 0 amide bonds. The first-order valence-corrected chi connectivity index (χ1v) is 13.7. The summed E-state index contributed by atoms with van der Waals surface area (Å²) >= 11 is 0. The normalized spacial score (nSPS) is 13.6. The molecule has 0 N–H and O–H groups in total. The van der Waals surface area contributed by atoms with Crippen LogP contribution in [0.5, 0.6) is 11.5 Å². The lowest BCUT2D eigenvalue weighted by Crippen LogP contribution is -2.18. The maximum atomic E-state index is 5.68. The van der Waals surface area contributed by atoms with Crippen molar-refractivity contribution in [2.24, 2.45) is 0 Å². The smallest absolute Gasteiger partial charge is 0.145 e. The molecule has 5 aromatic rings. The molecule has 2 aliphatic carbocycles. The van der Waals surface area contributed by atoms with Crippen LogP contribution in [0, 0.1) is 0 Å². The molecular weight excluding hydrogens is 470 g/mol. The van der Waals surface area contributed by atoms with Crippen molar-refractivity contribution in [2.45, 2.75) is 51.9 Å². The SMILES string of the molecule is CCCCc1c2c(nc3c1CCc1cc4cccc(OC)c4nc1-3)-c1nc3c(OC)cccc3cc1CC2. The molecule has 0 unspecified atom stereocenters. The monoisotopic (exact) mass is 501 g/mol. The standard InChI is InChI=1S/C33H31N3O2/c1-4-5-10-23-24-15-13-21-17-19-8-6-11-26(37-2)28(19)34-30(21)32(24)36-33-25(23)16-14-22-18-20-9-7-12-27(38-3)29(20)35-31(22)33/h6-9,11-12,17-18H,4-5,10,13-16H2,1-3H3. The number of hydrogen-bond donors (Lipinski definition) is 0. The van der Waals surface area contributed by atoms with Gasteiger partial charge in [-0.1, -0.05) is 37.6 Å². The second-order valence-corrected chi connectivity index (χ2v) is 10.4. The topological polar surface area (TPSA) is 57.1 Å². The van der Waals surface area contributed by atoms with Gasteiger partial charge in [-0.2, -0.15) is 0 Å². The minimum atomic E-state index is 0.798. The average molecular weight is 502 g/mol. The second-order valence-electron chi connectivity index (χ2n) is 10.4. The van der Waals surface area contributed by atoms with E-state index in [-0.39, 0.29) is 0 Å². The molecule has 2 aliphatic rings. The maximum absolute atomic E-state index is 5.68. The second kappa shape index (κ2) is 9.09. The van der Waals surface area contributed by atoms with E-state index >= 15 is 0 Å².